The van der Waals surface area contributed by atoms with Crippen molar-refractivity contribution in [2.75, 3.05) is 24.5 Å². The predicted molar refractivity (Wildman–Crippen MR) is 95.2 cm³/mol. The summed E-state index contributed by atoms with van der Waals surface area (Å²) in [5.41, 5.74) is 1.16. The van der Waals surface area contributed by atoms with Gasteiger partial charge in [-0.2, -0.15) is 5.10 Å². The molecule has 1 amide bonds. The van der Waals surface area contributed by atoms with Gasteiger partial charge in [0.25, 0.3) is 11.5 Å². The van der Waals surface area contributed by atoms with Crippen molar-refractivity contribution >= 4 is 27.9 Å². The minimum Gasteiger partial charge on any atom is -0.370 e. The van der Waals surface area contributed by atoms with E-state index >= 15 is 0 Å². The Balaban J connectivity index is 1.34. The number of carbonyl (C=O) groups excluding carboxylic acids is 1. The number of hydrogen-bond acceptors (Lipinski definition) is 6. The number of anilines is 1. The molecule has 8 nitrogen and oxygen atoms in total. The zero-order valence-corrected chi connectivity index (χ0v) is 14.6. The van der Waals surface area contributed by atoms with Crippen molar-refractivity contribution in [2.45, 2.75) is 6.42 Å². The van der Waals surface area contributed by atoms with E-state index in [1.165, 1.54) is 16.0 Å². The first-order valence-corrected chi connectivity index (χ1v) is 8.97. The molecule has 0 saturated carbocycles. The van der Waals surface area contributed by atoms with Crippen molar-refractivity contribution in [3.8, 4) is 0 Å². The molecule has 130 valence electrons. The second kappa shape index (κ2) is 6.32. The third-order valence-electron chi connectivity index (χ3n) is 4.48. The van der Waals surface area contributed by atoms with Crippen molar-refractivity contribution in [1.29, 1.82) is 0 Å². The highest BCUT2D eigenvalue weighted by atomic mass is 32.1. The summed E-state index contributed by atoms with van der Waals surface area (Å²) in [6, 6.07) is 1.60. The molecule has 9 heteroatoms. The van der Waals surface area contributed by atoms with Crippen LogP contribution in [0.4, 0.5) is 5.69 Å². The van der Waals surface area contributed by atoms with Crippen molar-refractivity contribution in [3.05, 3.63) is 46.1 Å². The molecule has 0 radical (unpaired) electrons. The third kappa shape index (κ3) is 3.14. The van der Waals surface area contributed by atoms with E-state index in [9.17, 15) is 9.59 Å². The molecule has 0 spiro atoms. The molecule has 0 unspecified atom stereocenters. The molecule has 4 heterocycles. The average Bonchev–Trinajstić information content (AvgIpc) is 3.30. The number of aromatic nitrogens is 4. The van der Waals surface area contributed by atoms with Crippen LogP contribution in [0.5, 0.6) is 0 Å². The van der Waals surface area contributed by atoms with E-state index < -0.39 is 0 Å². The Labute approximate surface area is 147 Å². The van der Waals surface area contributed by atoms with Crippen LogP contribution in [-0.4, -0.2) is 44.7 Å². The van der Waals surface area contributed by atoms with Crippen LogP contribution in [0.3, 0.4) is 0 Å². The number of nitrogens with one attached hydrogen (secondary N) is 1. The molecule has 3 aromatic rings. The number of rotatable bonds is 4. The summed E-state index contributed by atoms with van der Waals surface area (Å²) in [6.45, 7) is 2.25. The number of hydrogen-bond donors (Lipinski definition) is 1. The maximum atomic E-state index is 12.3. The van der Waals surface area contributed by atoms with Crippen molar-refractivity contribution in [1.82, 2.24) is 24.5 Å². The normalized spacial score (nSPS) is 17.3. The lowest BCUT2D eigenvalue weighted by Crippen LogP contribution is -2.31. The summed E-state index contributed by atoms with van der Waals surface area (Å²) < 4.78 is 3.16. The standard InChI is InChI=1S/C16H18N6O2S/c1-20-14(23)6-12(8-18-20)21-3-2-11(9-21)7-17-15(24)13-10-22-4-5-25-16(22)19-13/h4-6,8,10-11H,2-3,7,9H2,1H3,(H,17,24)/t11-/m0/s1. The van der Waals surface area contributed by atoms with E-state index in [0.29, 0.717) is 18.2 Å². The molecule has 1 fully saturated rings. The molecule has 1 atom stereocenters. The smallest absolute Gasteiger partial charge is 0.271 e. The number of amides is 1. The van der Waals surface area contributed by atoms with Crippen LogP contribution in [0.25, 0.3) is 4.96 Å². The largest absolute Gasteiger partial charge is 0.370 e. The number of imidazole rings is 1. The van der Waals surface area contributed by atoms with Crippen LogP contribution in [0.15, 0.2) is 34.8 Å². The van der Waals surface area contributed by atoms with Gasteiger partial charge in [-0.3, -0.25) is 14.0 Å². The first kappa shape index (κ1) is 15.8. The van der Waals surface area contributed by atoms with Crippen LogP contribution >= 0.6 is 11.3 Å². The summed E-state index contributed by atoms with van der Waals surface area (Å²) in [7, 11) is 1.63. The van der Waals surface area contributed by atoms with Gasteiger partial charge in [-0.15, -0.1) is 11.3 Å². The first-order chi connectivity index (χ1) is 12.1. The maximum Gasteiger partial charge on any atom is 0.271 e. The molecule has 1 saturated heterocycles. The molecule has 0 aromatic carbocycles. The topological polar surface area (TPSA) is 84.5 Å². The highest BCUT2D eigenvalue weighted by Crippen LogP contribution is 2.21. The summed E-state index contributed by atoms with van der Waals surface area (Å²) in [5.74, 6) is 0.196. The average molecular weight is 358 g/mol. The van der Waals surface area contributed by atoms with Gasteiger partial charge in [-0.1, -0.05) is 0 Å². The fourth-order valence-electron chi connectivity index (χ4n) is 3.03. The van der Waals surface area contributed by atoms with Crippen molar-refractivity contribution in [2.24, 2.45) is 13.0 Å². The van der Waals surface area contributed by atoms with E-state index in [0.717, 1.165) is 30.2 Å². The van der Waals surface area contributed by atoms with E-state index in [4.69, 9.17) is 0 Å². The van der Waals surface area contributed by atoms with Gasteiger partial charge in [-0.05, 0) is 12.3 Å². The SMILES string of the molecule is Cn1ncc(N2CC[C@@H](CNC(=O)c3cn4ccsc4n3)C2)cc1=O. The monoisotopic (exact) mass is 358 g/mol. The molecule has 4 rings (SSSR count). The van der Waals surface area contributed by atoms with E-state index in [1.54, 1.807) is 25.5 Å². The van der Waals surface area contributed by atoms with E-state index in [1.807, 2.05) is 16.0 Å². The Morgan fingerprint density at radius 3 is 3.16 bits per heavy atom. The molecule has 3 aromatic heterocycles. The Kier molecular flexibility index (Phi) is 4.00. The second-order valence-electron chi connectivity index (χ2n) is 6.21. The number of aryl methyl sites for hydroxylation is 1. The van der Waals surface area contributed by atoms with Crippen LogP contribution in [0, 0.1) is 5.92 Å². The summed E-state index contributed by atoms with van der Waals surface area (Å²) in [4.78, 5) is 31.2. The summed E-state index contributed by atoms with van der Waals surface area (Å²) in [5, 5.41) is 8.96. The van der Waals surface area contributed by atoms with Gasteiger partial charge in [0.15, 0.2) is 4.96 Å². The molecule has 0 aliphatic carbocycles. The van der Waals surface area contributed by atoms with Gasteiger partial charge < -0.3 is 10.2 Å². The van der Waals surface area contributed by atoms with Gasteiger partial charge in [0.2, 0.25) is 0 Å². The molecule has 0 bridgehead atoms. The molecule has 1 N–H and O–H groups in total. The van der Waals surface area contributed by atoms with Gasteiger partial charge in [-0.25, -0.2) is 9.67 Å². The Morgan fingerprint density at radius 1 is 1.48 bits per heavy atom. The Morgan fingerprint density at radius 2 is 2.36 bits per heavy atom. The molecular weight excluding hydrogens is 340 g/mol. The number of fused-ring (bicyclic) bond motifs is 1. The van der Waals surface area contributed by atoms with Gasteiger partial charge in [0.05, 0.1) is 11.9 Å². The molecule has 25 heavy (non-hydrogen) atoms. The Hall–Kier alpha value is -2.68. The lowest BCUT2D eigenvalue weighted by molar-refractivity contribution is 0.0944. The number of thiazole rings is 1. The predicted octanol–water partition coefficient (Wildman–Crippen LogP) is 0.746. The second-order valence-corrected chi connectivity index (χ2v) is 7.08. The summed E-state index contributed by atoms with van der Waals surface area (Å²) >= 11 is 1.50. The molecule has 1 aliphatic heterocycles. The van der Waals surface area contributed by atoms with Crippen LogP contribution in [0.1, 0.15) is 16.9 Å². The highest BCUT2D eigenvalue weighted by molar-refractivity contribution is 7.15. The van der Waals surface area contributed by atoms with Crippen molar-refractivity contribution in [3.63, 3.8) is 0 Å². The minimum absolute atomic E-state index is 0.117. The van der Waals surface area contributed by atoms with Crippen LogP contribution in [-0.2, 0) is 7.05 Å². The maximum absolute atomic E-state index is 12.3. The van der Waals surface area contributed by atoms with Crippen LogP contribution in [0.2, 0.25) is 0 Å². The fourth-order valence-corrected chi connectivity index (χ4v) is 3.73. The highest BCUT2D eigenvalue weighted by Gasteiger charge is 2.24. The van der Waals surface area contributed by atoms with Gasteiger partial charge in [0.1, 0.15) is 5.69 Å². The van der Waals surface area contributed by atoms with E-state index in [2.05, 4.69) is 20.3 Å². The quantitative estimate of drug-likeness (QED) is 0.744. The number of nitrogens with zero attached hydrogens (tertiary/aromatic N) is 5. The third-order valence-corrected chi connectivity index (χ3v) is 5.25. The summed E-state index contributed by atoms with van der Waals surface area (Å²) in [6.07, 6.45) is 6.30. The first-order valence-electron chi connectivity index (χ1n) is 8.09. The molecular formula is C16H18N6O2S. The van der Waals surface area contributed by atoms with Gasteiger partial charge in [0, 0.05) is 50.5 Å². The lowest BCUT2D eigenvalue weighted by atomic mass is 10.1. The van der Waals surface area contributed by atoms with Gasteiger partial charge >= 0.3 is 0 Å². The van der Waals surface area contributed by atoms with E-state index in [-0.39, 0.29) is 11.5 Å². The van der Waals surface area contributed by atoms with Crippen LogP contribution < -0.4 is 15.8 Å². The number of carbonyl (C=O) groups is 1. The lowest BCUT2D eigenvalue weighted by Gasteiger charge is -2.18. The fraction of sp³-hybridized carbons (Fsp3) is 0.375. The molecule has 1 aliphatic rings. The zero-order chi connectivity index (χ0) is 17.4. The zero-order valence-electron chi connectivity index (χ0n) is 13.8. The van der Waals surface area contributed by atoms with Crippen molar-refractivity contribution < 1.29 is 4.79 Å². The Bertz CT molecular complexity index is 946. The minimum atomic E-state index is -0.149.